The van der Waals surface area contributed by atoms with Crippen molar-refractivity contribution in [3.8, 4) is 0 Å². The van der Waals surface area contributed by atoms with Gasteiger partial charge in [-0.2, -0.15) is 0 Å². The van der Waals surface area contributed by atoms with Crippen molar-refractivity contribution in [2.45, 2.75) is 19.4 Å². The van der Waals surface area contributed by atoms with Crippen LogP contribution in [0, 0.1) is 0 Å². The number of carbonyl (C=O) groups excluding carboxylic acids is 2. The number of nitrogens with one attached hydrogen (secondary N) is 1. The molecule has 0 atom stereocenters. The van der Waals surface area contributed by atoms with Gasteiger partial charge in [0.2, 0.25) is 5.91 Å². The number of benzene rings is 1. The maximum absolute atomic E-state index is 11.9. The molecule has 106 valence electrons. The van der Waals surface area contributed by atoms with E-state index in [-0.39, 0.29) is 24.7 Å². The monoisotopic (exact) mass is 274 g/mol. The summed E-state index contributed by atoms with van der Waals surface area (Å²) in [5.41, 5.74) is 2.12. The number of para-hydroxylation sites is 1. The molecule has 0 radical (unpaired) electrons. The lowest BCUT2D eigenvalue weighted by Crippen LogP contribution is -2.26. The minimum absolute atomic E-state index is 0.0688. The van der Waals surface area contributed by atoms with Gasteiger partial charge in [0.1, 0.15) is 0 Å². The van der Waals surface area contributed by atoms with Gasteiger partial charge >= 0.3 is 5.97 Å². The average molecular weight is 274 g/mol. The number of nitrogens with zero attached hydrogens (tertiary/aromatic N) is 1. The molecule has 20 heavy (non-hydrogen) atoms. The van der Waals surface area contributed by atoms with E-state index in [1.807, 2.05) is 30.5 Å². The third-order valence-electron chi connectivity index (χ3n) is 3.28. The zero-order valence-electron chi connectivity index (χ0n) is 11.7. The molecule has 1 heterocycles. The topological polar surface area (TPSA) is 62.4 Å². The molecule has 0 saturated heterocycles. The Hall–Kier alpha value is -2.30. The van der Waals surface area contributed by atoms with Gasteiger partial charge in [-0.05, 0) is 11.6 Å². The Morgan fingerprint density at radius 2 is 2.00 bits per heavy atom. The van der Waals surface area contributed by atoms with Crippen molar-refractivity contribution in [1.82, 2.24) is 9.88 Å². The summed E-state index contributed by atoms with van der Waals surface area (Å²) in [5, 5.41) is 1.11. The lowest BCUT2D eigenvalue weighted by Gasteiger charge is -2.16. The molecule has 2 aromatic rings. The Labute approximate surface area is 117 Å². The van der Waals surface area contributed by atoms with Crippen LogP contribution in [-0.2, 0) is 20.9 Å². The van der Waals surface area contributed by atoms with Crippen LogP contribution in [0.2, 0.25) is 0 Å². The van der Waals surface area contributed by atoms with E-state index in [1.54, 1.807) is 11.9 Å². The molecule has 0 aliphatic carbocycles. The fourth-order valence-corrected chi connectivity index (χ4v) is 2.11. The maximum Gasteiger partial charge on any atom is 0.306 e. The van der Waals surface area contributed by atoms with Gasteiger partial charge in [-0.15, -0.1) is 0 Å². The SMILES string of the molecule is COC(=O)CCC(=O)N(C)Cc1c[nH]c2ccccc12. The summed E-state index contributed by atoms with van der Waals surface area (Å²) in [6.07, 6.45) is 2.20. The Bertz CT molecular complexity index is 618. The quantitative estimate of drug-likeness (QED) is 0.849. The van der Waals surface area contributed by atoms with Gasteiger partial charge < -0.3 is 14.6 Å². The first kappa shape index (κ1) is 14.1. The Kier molecular flexibility index (Phi) is 4.40. The zero-order chi connectivity index (χ0) is 14.5. The van der Waals surface area contributed by atoms with Crippen LogP contribution in [0.4, 0.5) is 0 Å². The Morgan fingerprint density at radius 3 is 2.75 bits per heavy atom. The molecule has 1 aromatic heterocycles. The second-order valence-electron chi connectivity index (χ2n) is 4.69. The third-order valence-corrected chi connectivity index (χ3v) is 3.28. The molecule has 1 amide bonds. The molecule has 1 aromatic carbocycles. The van der Waals surface area contributed by atoms with Gasteiger partial charge in [0.25, 0.3) is 0 Å². The highest BCUT2D eigenvalue weighted by Gasteiger charge is 2.13. The number of aromatic amines is 1. The standard InChI is InChI=1S/C15H18N2O3/c1-17(14(18)7-8-15(19)20-2)10-11-9-16-13-6-4-3-5-12(11)13/h3-6,9,16H,7-8,10H2,1-2H3. The van der Waals surface area contributed by atoms with E-state index < -0.39 is 0 Å². The van der Waals surface area contributed by atoms with Crippen LogP contribution in [0.3, 0.4) is 0 Å². The fraction of sp³-hybridized carbons (Fsp3) is 0.333. The van der Waals surface area contributed by atoms with Crippen molar-refractivity contribution in [2.24, 2.45) is 0 Å². The van der Waals surface area contributed by atoms with Gasteiger partial charge in [0.05, 0.1) is 13.5 Å². The summed E-state index contributed by atoms with van der Waals surface area (Å²) >= 11 is 0. The van der Waals surface area contributed by atoms with Crippen LogP contribution < -0.4 is 0 Å². The van der Waals surface area contributed by atoms with Crippen LogP contribution in [0.15, 0.2) is 30.5 Å². The molecule has 0 saturated carbocycles. The van der Waals surface area contributed by atoms with E-state index in [1.165, 1.54) is 7.11 Å². The normalized spacial score (nSPS) is 10.5. The summed E-state index contributed by atoms with van der Waals surface area (Å²) < 4.78 is 4.53. The van der Waals surface area contributed by atoms with E-state index in [0.717, 1.165) is 16.5 Å². The molecule has 0 aliphatic heterocycles. The van der Waals surface area contributed by atoms with Crippen LogP contribution in [0.5, 0.6) is 0 Å². The lowest BCUT2D eigenvalue weighted by molar-refractivity contribution is -0.143. The van der Waals surface area contributed by atoms with E-state index in [9.17, 15) is 9.59 Å². The number of hydrogen-bond donors (Lipinski definition) is 1. The molecular formula is C15H18N2O3. The summed E-state index contributed by atoms with van der Waals surface area (Å²) in [7, 11) is 3.06. The molecule has 5 nitrogen and oxygen atoms in total. The van der Waals surface area contributed by atoms with Gasteiger partial charge in [0.15, 0.2) is 0 Å². The van der Waals surface area contributed by atoms with E-state index in [4.69, 9.17) is 0 Å². The largest absolute Gasteiger partial charge is 0.469 e. The molecule has 0 spiro atoms. The summed E-state index contributed by atoms with van der Waals surface area (Å²) in [6.45, 7) is 0.518. The summed E-state index contributed by atoms with van der Waals surface area (Å²) in [6, 6.07) is 7.96. The molecule has 2 rings (SSSR count). The van der Waals surface area contributed by atoms with Crippen LogP contribution >= 0.6 is 0 Å². The first-order valence-corrected chi connectivity index (χ1v) is 6.47. The number of fused-ring (bicyclic) bond motifs is 1. The van der Waals surface area contributed by atoms with Gasteiger partial charge in [-0.1, -0.05) is 18.2 Å². The third kappa shape index (κ3) is 3.17. The molecule has 1 N–H and O–H groups in total. The Balaban J connectivity index is 1.98. The molecule has 5 heteroatoms. The van der Waals surface area contributed by atoms with Crippen LogP contribution in [-0.4, -0.2) is 35.9 Å². The van der Waals surface area contributed by atoms with Crippen molar-refractivity contribution in [3.63, 3.8) is 0 Å². The average Bonchev–Trinajstić information content (AvgIpc) is 2.87. The first-order valence-electron chi connectivity index (χ1n) is 6.47. The van der Waals surface area contributed by atoms with Gasteiger partial charge in [-0.3, -0.25) is 9.59 Å². The predicted octanol–water partition coefficient (Wildman–Crippen LogP) is 2.08. The lowest BCUT2D eigenvalue weighted by atomic mass is 10.1. The highest BCUT2D eigenvalue weighted by Crippen LogP contribution is 2.19. The van der Waals surface area contributed by atoms with Crippen molar-refractivity contribution < 1.29 is 14.3 Å². The van der Waals surface area contributed by atoms with Crippen LogP contribution in [0.1, 0.15) is 18.4 Å². The number of methoxy groups -OCH3 is 1. The van der Waals surface area contributed by atoms with Gasteiger partial charge in [-0.25, -0.2) is 0 Å². The maximum atomic E-state index is 11.9. The number of aromatic nitrogens is 1. The molecular weight excluding hydrogens is 256 g/mol. The number of amides is 1. The summed E-state index contributed by atoms with van der Waals surface area (Å²) in [5.74, 6) is -0.431. The number of ether oxygens (including phenoxy) is 1. The van der Waals surface area contributed by atoms with Crippen molar-refractivity contribution in [1.29, 1.82) is 0 Å². The highest BCUT2D eigenvalue weighted by molar-refractivity contribution is 5.84. The Morgan fingerprint density at radius 1 is 1.25 bits per heavy atom. The van der Waals surface area contributed by atoms with Crippen molar-refractivity contribution in [2.75, 3.05) is 14.2 Å². The summed E-state index contributed by atoms with van der Waals surface area (Å²) in [4.78, 5) is 27.8. The van der Waals surface area contributed by atoms with E-state index in [0.29, 0.717) is 6.54 Å². The second kappa shape index (κ2) is 6.23. The fourth-order valence-electron chi connectivity index (χ4n) is 2.11. The smallest absolute Gasteiger partial charge is 0.306 e. The second-order valence-corrected chi connectivity index (χ2v) is 4.69. The predicted molar refractivity (Wildman–Crippen MR) is 76.0 cm³/mol. The number of esters is 1. The molecule has 0 aliphatic rings. The number of hydrogen-bond acceptors (Lipinski definition) is 3. The molecule has 0 fully saturated rings. The van der Waals surface area contributed by atoms with E-state index >= 15 is 0 Å². The number of rotatable bonds is 5. The van der Waals surface area contributed by atoms with E-state index in [2.05, 4.69) is 9.72 Å². The minimum atomic E-state index is -0.362. The molecule has 0 bridgehead atoms. The number of carbonyl (C=O) groups is 2. The molecule has 0 unspecified atom stereocenters. The van der Waals surface area contributed by atoms with Gasteiger partial charge in [0, 0.05) is 37.1 Å². The number of H-pyrrole nitrogens is 1. The van der Waals surface area contributed by atoms with Crippen molar-refractivity contribution >= 4 is 22.8 Å². The van der Waals surface area contributed by atoms with Crippen molar-refractivity contribution in [3.05, 3.63) is 36.0 Å². The highest BCUT2D eigenvalue weighted by atomic mass is 16.5. The zero-order valence-corrected chi connectivity index (χ0v) is 11.7. The van der Waals surface area contributed by atoms with Crippen LogP contribution in [0.25, 0.3) is 10.9 Å². The minimum Gasteiger partial charge on any atom is -0.469 e. The first-order chi connectivity index (χ1) is 9.61.